The van der Waals surface area contributed by atoms with Gasteiger partial charge in [-0.3, -0.25) is 0 Å². The van der Waals surface area contributed by atoms with Gasteiger partial charge in [0, 0.05) is 33.0 Å². The van der Waals surface area contributed by atoms with E-state index in [4.69, 9.17) is 0 Å². The molecule has 0 spiro atoms. The lowest BCUT2D eigenvalue weighted by atomic mass is 10.0. The number of nitrogens with one attached hydrogen (secondary N) is 1. The third-order valence-corrected chi connectivity index (χ3v) is 5.00. The Balaban J connectivity index is 1.62. The van der Waals surface area contributed by atoms with Gasteiger partial charge in [0.05, 0.1) is 11.2 Å². The average Bonchev–Trinajstić information content (AvgIpc) is 3.17. The van der Waals surface area contributed by atoms with E-state index in [1.807, 2.05) is 78.9 Å². The minimum Gasteiger partial charge on any atom is -0.477 e. The number of hydrogen-bond donors (Lipinski definition) is 2. The monoisotopic (exact) mass is 388 g/mol. The van der Waals surface area contributed by atoms with E-state index in [-0.39, 0.29) is 5.69 Å². The van der Waals surface area contributed by atoms with Crippen molar-refractivity contribution in [3.05, 3.63) is 102 Å². The second-order valence-electron chi connectivity index (χ2n) is 6.95. The molecule has 0 radical (unpaired) electrons. The number of nitrogens with zero attached hydrogens (tertiary/aromatic N) is 1. The number of aromatic amines is 1. The van der Waals surface area contributed by atoms with Crippen LogP contribution in [0.2, 0.25) is 0 Å². The average molecular weight is 388 g/mol. The van der Waals surface area contributed by atoms with Gasteiger partial charge in [0.25, 0.3) is 0 Å². The Kier molecular flexibility index (Phi) is 4.27. The van der Waals surface area contributed by atoms with Gasteiger partial charge in [-0.1, -0.05) is 60.4 Å². The summed E-state index contributed by atoms with van der Waals surface area (Å²) in [5.41, 5.74) is 5.08. The molecular formula is C26H16N2O2. The molecule has 4 heteroatoms. The summed E-state index contributed by atoms with van der Waals surface area (Å²) in [5, 5.41) is 11.4. The molecule has 142 valence electrons. The van der Waals surface area contributed by atoms with Crippen LogP contribution < -0.4 is 0 Å². The lowest BCUT2D eigenvalue weighted by Gasteiger charge is -2.05. The van der Waals surface area contributed by atoms with Crippen molar-refractivity contribution in [3.63, 3.8) is 0 Å². The van der Waals surface area contributed by atoms with Gasteiger partial charge in [-0.25, -0.2) is 9.78 Å². The zero-order chi connectivity index (χ0) is 20.5. The number of rotatable bonds is 2. The first-order chi connectivity index (χ1) is 14.7. The van der Waals surface area contributed by atoms with Crippen LogP contribution in [0.5, 0.6) is 0 Å². The van der Waals surface area contributed by atoms with Crippen molar-refractivity contribution in [1.82, 2.24) is 9.97 Å². The van der Waals surface area contributed by atoms with E-state index in [1.54, 1.807) is 6.07 Å². The summed E-state index contributed by atoms with van der Waals surface area (Å²) in [6, 6.07) is 27.0. The Morgan fingerprint density at radius 3 is 2.20 bits per heavy atom. The molecule has 0 atom stereocenters. The van der Waals surface area contributed by atoms with Crippen molar-refractivity contribution in [2.24, 2.45) is 0 Å². The molecule has 2 N–H and O–H groups in total. The first-order valence-corrected chi connectivity index (χ1v) is 9.51. The van der Waals surface area contributed by atoms with Crippen LogP contribution in [0.1, 0.15) is 21.6 Å². The van der Waals surface area contributed by atoms with Crippen LogP contribution in [-0.2, 0) is 0 Å². The summed E-state index contributed by atoms with van der Waals surface area (Å²) in [7, 11) is 0. The van der Waals surface area contributed by atoms with Gasteiger partial charge >= 0.3 is 5.97 Å². The molecule has 2 heterocycles. The molecule has 0 saturated heterocycles. The van der Waals surface area contributed by atoms with Gasteiger partial charge < -0.3 is 10.1 Å². The maximum Gasteiger partial charge on any atom is 0.354 e. The summed E-state index contributed by atoms with van der Waals surface area (Å²) in [4.78, 5) is 19.5. The Hall–Kier alpha value is -4.36. The number of para-hydroxylation sites is 1. The highest BCUT2D eigenvalue weighted by atomic mass is 16.4. The first-order valence-electron chi connectivity index (χ1n) is 9.51. The minimum absolute atomic E-state index is 0.0233. The highest BCUT2D eigenvalue weighted by Gasteiger charge is 2.16. The molecule has 0 unspecified atom stereocenters. The summed E-state index contributed by atoms with van der Waals surface area (Å²) in [6.07, 6.45) is 0. The van der Waals surface area contributed by atoms with Gasteiger partial charge in [0.15, 0.2) is 0 Å². The van der Waals surface area contributed by atoms with Crippen LogP contribution in [0, 0.1) is 11.8 Å². The number of aromatic nitrogens is 2. The van der Waals surface area contributed by atoms with E-state index < -0.39 is 5.97 Å². The highest BCUT2D eigenvalue weighted by Crippen LogP contribution is 2.32. The molecule has 0 aliphatic rings. The molecule has 4 nitrogen and oxygen atoms in total. The predicted octanol–water partition coefficient (Wildman–Crippen LogP) is 5.48. The molecule has 0 aliphatic heterocycles. The summed E-state index contributed by atoms with van der Waals surface area (Å²) in [5.74, 6) is 5.25. The fourth-order valence-corrected chi connectivity index (χ4v) is 3.54. The third kappa shape index (κ3) is 3.19. The standard InChI is InChI=1S/C26H16N2O2/c29-26(30)23-16-21-20-8-4-5-9-22(20)27-25(21)24(28-23)19-14-12-18(13-15-19)11-10-17-6-2-1-3-7-17/h1-9,12-16,27H,(H,29,30). The zero-order valence-corrected chi connectivity index (χ0v) is 15.9. The molecule has 5 aromatic rings. The number of carboxylic acids is 1. The number of pyridine rings is 1. The smallest absolute Gasteiger partial charge is 0.354 e. The van der Waals surface area contributed by atoms with Gasteiger partial charge in [-0.15, -0.1) is 0 Å². The highest BCUT2D eigenvalue weighted by molar-refractivity contribution is 6.12. The minimum atomic E-state index is -1.05. The second kappa shape index (κ2) is 7.23. The summed E-state index contributed by atoms with van der Waals surface area (Å²) in [6.45, 7) is 0. The molecule has 0 amide bonds. The second-order valence-corrected chi connectivity index (χ2v) is 6.95. The Morgan fingerprint density at radius 2 is 1.47 bits per heavy atom. The van der Waals surface area contributed by atoms with E-state index in [0.717, 1.165) is 38.5 Å². The number of carboxylic acid groups (broad SMARTS) is 1. The van der Waals surface area contributed by atoms with Crippen LogP contribution in [0.4, 0.5) is 0 Å². The van der Waals surface area contributed by atoms with Crippen LogP contribution in [0.15, 0.2) is 84.9 Å². The number of hydrogen-bond acceptors (Lipinski definition) is 2. The zero-order valence-electron chi connectivity index (χ0n) is 15.9. The van der Waals surface area contributed by atoms with E-state index in [9.17, 15) is 9.90 Å². The molecule has 5 rings (SSSR count). The van der Waals surface area contributed by atoms with Crippen molar-refractivity contribution < 1.29 is 9.90 Å². The van der Waals surface area contributed by atoms with Crippen molar-refractivity contribution in [2.75, 3.05) is 0 Å². The summed E-state index contributed by atoms with van der Waals surface area (Å²) < 4.78 is 0. The van der Waals surface area contributed by atoms with E-state index >= 15 is 0 Å². The van der Waals surface area contributed by atoms with E-state index in [0.29, 0.717) is 5.69 Å². The Bertz CT molecular complexity index is 1450. The number of carbonyl (C=O) groups is 1. The normalized spacial score (nSPS) is 10.7. The lowest BCUT2D eigenvalue weighted by molar-refractivity contribution is 0.0691. The fraction of sp³-hybridized carbons (Fsp3) is 0. The molecule has 3 aromatic carbocycles. The molecule has 0 aliphatic carbocycles. The quantitative estimate of drug-likeness (QED) is 0.394. The molecule has 0 saturated carbocycles. The SMILES string of the molecule is O=C(O)c1cc2c([nH]c3ccccc32)c(-c2ccc(C#Cc3ccccc3)cc2)n1. The largest absolute Gasteiger partial charge is 0.477 e. The van der Waals surface area contributed by atoms with Gasteiger partial charge in [-0.05, 0) is 36.4 Å². The Morgan fingerprint density at radius 1 is 0.800 bits per heavy atom. The van der Waals surface area contributed by atoms with Crippen LogP contribution in [0.25, 0.3) is 33.1 Å². The number of fused-ring (bicyclic) bond motifs is 3. The van der Waals surface area contributed by atoms with Crippen LogP contribution in [-0.4, -0.2) is 21.0 Å². The number of benzene rings is 3. The van der Waals surface area contributed by atoms with E-state index in [1.165, 1.54) is 0 Å². The number of H-pyrrole nitrogens is 1. The van der Waals surface area contributed by atoms with Crippen molar-refractivity contribution in [2.45, 2.75) is 0 Å². The summed E-state index contributed by atoms with van der Waals surface area (Å²) >= 11 is 0. The fourth-order valence-electron chi connectivity index (χ4n) is 3.54. The molecule has 0 fully saturated rings. The van der Waals surface area contributed by atoms with Gasteiger partial charge in [0.1, 0.15) is 5.69 Å². The molecular weight excluding hydrogens is 372 g/mol. The molecule has 30 heavy (non-hydrogen) atoms. The topological polar surface area (TPSA) is 66.0 Å². The maximum atomic E-state index is 11.7. The number of aromatic carboxylic acids is 1. The molecule has 0 bridgehead atoms. The van der Waals surface area contributed by atoms with Crippen LogP contribution >= 0.6 is 0 Å². The van der Waals surface area contributed by atoms with E-state index in [2.05, 4.69) is 21.8 Å². The van der Waals surface area contributed by atoms with Crippen molar-refractivity contribution in [3.8, 4) is 23.1 Å². The van der Waals surface area contributed by atoms with Crippen molar-refractivity contribution >= 4 is 27.8 Å². The third-order valence-electron chi connectivity index (χ3n) is 5.00. The lowest BCUT2D eigenvalue weighted by Crippen LogP contribution is -2.01. The Labute approximate surface area is 172 Å². The van der Waals surface area contributed by atoms with Gasteiger partial charge in [0.2, 0.25) is 0 Å². The first kappa shape index (κ1) is 17.7. The predicted molar refractivity (Wildman–Crippen MR) is 118 cm³/mol. The van der Waals surface area contributed by atoms with Crippen molar-refractivity contribution in [1.29, 1.82) is 0 Å². The van der Waals surface area contributed by atoms with Gasteiger partial charge in [-0.2, -0.15) is 0 Å². The molecule has 2 aromatic heterocycles. The van der Waals surface area contributed by atoms with Crippen LogP contribution in [0.3, 0.4) is 0 Å². The maximum absolute atomic E-state index is 11.7.